The SMILES string of the molecule is CCc1nn2c(c1-c1ccc(C)c(S(=O)(=O)NC3CCCCC3)c1)NC(=O)CCC2=O. The van der Waals surface area contributed by atoms with Crippen molar-refractivity contribution in [1.29, 1.82) is 0 Å². The second-order valence-corrected chi connectivity index (χ2v) is 10.00. The number of benzene rings is 1. The summed E-state index contributed by atoms with van der Waals surface area (Å²) in [5.74, 6) is -0.195. The number of hydrogen-bond donors (Lipinski definition) is 2. The molecule has 0 unspecified atom stereocenters. The van der Waals surface area contributed by atoms with E-state index in [2.05, 4.69) is 15.1 Å². The van der Waals surface area contributed by atoms with Crippen LogP contribution < -0.4 is 10.0 Å². The number of nitrogens with one attached hydrogen (secondary N) is 2. The van der Waals surface area contributed by atoms with Gasteiger partial charge in [-0.3, -0.25) is 9.59 Å². The Morgan fingerprint density at radius 2 is 1.90 bits per heavy atom. The van der Waals surface area contributed by atoms with Crippen LogP contribution in [0.2, 0.25) is 0 Å². The van der Waals surface area contributed by atoms with Crippen molar-refractivity contribution in [3.05, 3.63) is 29.5 Å². The fourth-order valence-corrected chi connectivity index (χ4v) is 5.95. The molecule has 1 saturated carbocycles. The number of amides is 1. The van der Waals surface area contributed by atoms with Crippen molar-refractivity contribution in [2.75, 3.05) is 5.32 Å². The molecule has 0 bridgehead atoms. The third-order valence-corrected chi connectivity index (χ3v) is 7.71. The van der Waals surface area contributed by atoms with Gasteiger partial charge < -0.3 is 5.32 Å². The van der Waals surface area contributed by atoms with Crippen LogP contribution in [-0.4, -0.2) is 36.1 Å². The largest absolute Gasteiger partial charge is 0.310 e. The number of nitrogens with zero attached hydrogens (tertiary/aromatic N) is 2. The smallest absolute Gasteiger partial charge is 0.249 e. The molecule has 2 aromatic rings. The molecule has 1 fully saturated rings. The molecule has 0 radical (unpaired) electrons. The Morgan fingerprint density at radius 1 is 1.16 bits per heavy atom. The molecule has 8 nitrogen and oxygen atoms in total. The zero-order valence-electron chi connectivity index (χ0n) is 17.9. The highest BCUT2D eigenvalue weighted by molar-refractivity contribution is 7.89. The van der Waals surface area contributed by atoms with E-state index >= 15 is 0 Å². The number of anilines is 1. The number of carbonyl (C=O) groups is 2. The number of sulfonamides is 1. The first-order valence-electron chi connectivity index (χ1n) is 10.9. The second kappa shape index (κ2) is 8.55. The fourth-order valence-electron chi connectivity index (χ4n) is 4.38. The molecule has 4 rings (SSSR count). The van der Waals surface area contributed by atoms with Gasteiger partial charge in [-0.15, -0.1) is 0 Å². The van der Waals surface area contributed by atoms with Gasteiger partial charge in [0.15, 0.2) is 0 Å². The van der Waals surface area contributed by atoms with Gasteiger partial charge in [0, 0.05) is 24.4 Å². The minimum Gasteiger partial charge on any atom is -0.310 e. The van der Waals surface area contributed by atoms with Gasteiger partial charge in [0.1, 0.15) is 5.82 Å². The summed E-state index contributed by atoms with van der Waals surface area (Å²) in [7, 11) is -3.71. The van der Waals surface area contributed by atoms with Crippen LogP contribution in [0.25, 0.3) is 11.1 Å². The minimum absolute atomic E-state index is 0.0441. The van der Waals surface area contributed by atoms with E-state index in [1.807, 2.05) is 13.0 Å². The summed E-state index contributed by atoms with van der Waals surface area (Å²) in [6.45, 7) is 3.68. The van der Waals surface area contributed by atoms with Crippen LogP contribution in [-0.2, 0) is 21.2 Å². The maximum absolute atomic E-state index is 13.2. The lowest BCUT2D eigenvalue weighted by Gasteiger charge is -2.23. The van der Waals surface area contributed by atoms with Gasteiger partial charge >= 0.3 is 0 Å². The van der Waals surface area contributed by atoms with E-state index < -0.39 is 10.0 Å². The molecular formula is C22H28N4O4S. The summed E-state index contributed by atoms with van der Waals surface area (Å²) in [5, 5.41) is 7.21. The lowest BCUT2D eigenvalue weighted by molar-refractivity contribution is -0.116. The van der Waals surface area contributed by atoms with E-state index in [0.717, 1.165) is 32.1 Å². The Bertz CT molecular complexity index is 1130. The van der Waals surface area contributed by atoms with Crippen LogP contribution in [0.15, 0.2) is 23.1 Å². The Kier molecular flexibility index (Phi) is 5.98. The summed E-state index contributed by atoms with van der Waals surface area (Å²) in [4.78, 5) is 24.8. The second-order valence-electron chi connectivity index (χ2n) is 8.31. The van der Waals surface area contributed by atoms with Gasteiger partial charge in [-0.1, -0.05) is 38.3 Å². The first-order valence-corrected chi connectivity index (χ1v) is 12.4. The van der Waals surface area contributed by atoms with E-state index in [0.29, 0.717) is 34.6 Å². The molecule has 1 aliphatic carbocycles. The van der Waals surface area contributed by atoms with Gasteiger partial charge in [0.05, 0.1) is 10.6 Å². The van der Waals surface area contributed by atoms with Crippen molar-refractivity contribution in [3.8, 4) is 11.1 Å². The topological polar surface area (TPSA) is 110 Å². The van der Waals surface area contributed by atoms with Crippen LogP contribution in [0.1, 0.15) is 67.9 Å². The molecule has 9 heteroatoms. The Hall–Kier alpha value is -2.52. The third-order valence-electron chi connectivity index (χ3n) is 6.05. The maximum atomic E-state index is 13.2. The third kappa shape index (κ3) is 4.29. The molecule has 0 saturated heterocycles. The van der Waals surface area contributed by atoms with Crippen molar-refractivity contribution in [3.63, 3.8) is 0 Å². The number of rotatable bonds is 5. The van der Waals surface area contributed by atoms with Crippen LogP contribution in [0.3, 0.4) is 0 Å². The molecule has 2 heterocycles. The predicted molar refractivity (Wildman–Crippen MR) is 117 cm³/mol. The fraction of sp³-hybridized carbons (Fsp3) is 0.500. The van der Waals surface area contributed by atoms with Crippen molar-refractivity contribution in [1.82, 2.24) is 14.5 Å². The Labute approximate surface area is 182 Å². The Balaban J connectivity index is 1.78. The monoisotopic (exact) mass is 444 g/mol. The van der Waals surface area contributed by atoms with E-state index in [1.54, 1.807) is 19.1 Å². The summed E-state index contributed by atoms with van der Waals surface area (Å²) in [6, 6.07) is 5.15. The van der Waals surface area contributed by atoms with Gasteiger partial charge in [-0.25, -0.2) is 13.1 Å². The lowest BCUT2D eigenvalue weighted by atomic mass is 9.96. The molecule has 1 amide bonds. The van der Waals surface area contributed by atoms with Crippen molar-refractivity contribution < 1.29 is 18.0 Å². The van der Waals surface area contributed by atoms with E-state index in [-0.39, 0.29) is 35.6 Å². The van der Waals surface area contributed by atoms with Crippen molar-refractivity contribution in [2.24, 2.45) is 0 Å². The molecule has 1 aromatic carbocycles. The molecule has 0 atom stereocenters. The van der Waals surface area contributed by atoms with Crippen molar-refractivity contribution >= 4 is 27.7 Å². The van der Waals surface area contributed by atoms with E-state index in [1.165, 1.54) is 4.68 Å². The maximum Gasteiger partial charge on any atom is 0.249 e. The average molecular weight is 445 g/mol. The summed E-state index contributed by atoms with van der Waals surface area (Å²) >= 11 is 0. The number of aromatic nitrogens is 2. The predicted octanol–water partition coefficient (Wildman–Crippen LogP) is 3.40. The number of carbonyl (C=O) groups excluding carboxylic acids is 2. The van der Waals surface area contributed by atoms with Crippen LogP contribution in [0.4, 0.5) is 5.82 Å². The van der Waals surface area contributed by atoms with Gasteiger partial charge in [-0.2, -0.15) is 9.78 Å². The van der Waals surface area contributed by atoms with E-state index in [9.17, 15) is 18.0 Å². The first kappa shape index (κ1) is 21.7. The van der Waals surface area contributed by atoms with Crippen LogP contribution in [0.5, 0.6) is 0 Å². The standard InChI is InChI=1S/C22H28N4O4S/c1-3-17-21(22-23-19(27)11-12-20(28)26(22)24-17)15-10-9-14(2)18(13-15)31(29,30)25-16-7-5-4-6-8-16/h9-10,13,16,25H,3-8,11-12H2,1-2H3,(H,23,27). The van der Waals surface area contributed by atoms with Gasteiger partial charge in [0.25, 0.3) is 0 Å². The summed E-state index contributed by atoms with van der Waals surface area (Å²) in [6.07, 6.45) is 5.62. The lowest BCUT2D eigenvalue weighted by Crippen LogP contribution is -2.36. The zero-order chi connectivity index (χ0) is 22.2. The molecule has 1 aliphatic heterocycles. The summed E-state index contributed by atoms with van der Waals surface area (Å²) in [5.41, 5.74) is 2.49. The van der Waals surface area contributed by atoms with E-state index in [4.69, 9.17) is 0 Å². The average Bonchev–Trinajstić information content (AvgIpc) is 3.04. The number of fused-ring (bicyclic) bond motifs is 1. The molecule has 2 N–H and O–H groups in total. The van der Waals surface area contributed by atoms with Gasteiger partial charge in [0.2, 0.25) is 21.8 Å². The van der Waals surface area contributed by atoms with Crippen molar-refractivity contribution in [2.45, 2.75) is 76.2 Å². The quantitative estimate of drug-likeness (QED) is 0.734. The normalized spacial score (nSPS) is 17.9. The molecule has 2 aliphatic rings. The molecule has 1 aromatic heterocycles. The minimum atomic E-state index is -3.71. The highest BCUT2D eigenvalue weighted by Gasteiger charge is 2.29. The number of hydrogen-bond acceptors (Lipinski definition) is 5. The zero-order valence-corrected chi connectivity index (χ0v) is 18.7. The number of aryl methyl sites for hydroxylation is 2. The molecule has 31 heavy (non-hydrogen) atoms. The highest BCUT2D eigenvalue weighted by Crippen LogP contribution is 2.36. The van der Waals surface area contributed by atoms with Gasteiger partial charge in [-0.05, 0) is 43.4 Å². The molecular weight excluding hydrogens is 416 g/mol. The summed E-state index contributed by atoms with van der Waals surface area (Å²) < 4.78 is 30.5. The Morgan fingerprint density at radius 3 is 2.61 bits per heavy atom. The molecule has 0 spiro atoms. The van der Waals surface area contributed by atoms with Crippen LogP contribution in [0, 0.1) is 6.92 Å². The first-order chi connectivity index (χ1) is 14.8. The highest BCUT2D eigenvalue weighted by atomic mass is 32.2. The van der Waals surface area contributed by atoms with Crippen LogP contribution >= 0.6 is 0 Å². The molecule has 166 valence electrons.